The molecule has 9 heteroatoms. The van der Waals surface area contributed by atoms with Gasteiger partial charge in [-0.1, -0.05) is 41.9 Å². The largest absolute Gasteiger partial charge is 0.496 e. The number of rotatable bonds is 4. The zero-order valence-electron chi connectivity index (χ0n) is 20.3. The average Bonchev–Trinajstić information content (AvgIpc) is 3.50. The second kappa shape index (κ2) is 8.18. The standard InChI is InChI=1S/C28H22ClFN4O3/c1-15(2)33-24-23(32-25(33)17-8-4-7-11-22(17)37-3)26(35)34(16-12-13-20(30)19(29)14-16)28(24)18-9-5-6-10-21(18)31-27(28)36/h4-15H,1-3H3,(H,31,36). The fraction of sp³-hybridized carbons (Fsp3) is 0.179. The van der Waals surface area contributed by atoms with Gasteiger partial charge in [-0.3, -0.25) is 14.5 Å². The molecular formula is C28H22ClFN4O3. The van der Waals surface area contributed by atoms with Gasteiger partial charge in [0, 0.05) is 23.0 Å². The maximum atomic E-state index is 14.2. The van der Waals surface area contributed by atoms with Crippen molar-refractivity contribution < 1.29 is 18.7 Å². The van der Waals surface area contributed by atoms with Gasteiger partial charge in [0.2, 0.25) is 0 Å². The van der Waals surface area contributed by atoms with Crippen LogP contribution in [-0.2, 0) is 10.3 Å². The Morgan fingerprint density at radius 2 is 1.78 bits per heavy atom. The number of methoxy groups -OCH3 is 1. The molecule has 186 valence electrons. The summed E-state index contributed by atoms with van der Waals surface area (Å²) in [5.41, 5.74) is 1.16. The first-order valence-corrected chi connectivity index (χ1v) is 12.1. The molecule has 1 aromatic heterocycles. The van der Waals surface area contributed by atoms with E-state index in [-0.39, 0.29) is 22.4 Å². The third-order valence-corrected chi connectivity index (χ3v) is 7.20. The van der Waals surface area contributed by atoms with Crippen LogP contribution in [0.2, 0.25) is 5.02 Å². The van der Waals surface area contributed by atoms with Crippen LogP contribution in [0.25, 0.3) is 11.4 Å². The minimum Gasteiger partial charge on any atom is -0.496 e. The predicted molar refractivity (Wildman–Crippen MR) is 139 cm³/mol. The Morgan fingerprint density at radius 3 is 2.51 bits per heavy atom. The number of hydrogen-bond donors (Lipinski definition) is 1. The van der Waals surface area contributed by atoms with Gasteiger partial charge < -0.3 is 14.6 Å². The predicted octanol–water partition coefficient (Wildman–Crippen LogP) is 5.79. The first-order valence-electron chi connectivity index (χ1n) is 11.8. The van der Waals surface area contributed by atoms with E-state index in [0.717, 1.165) is 0 Å². The van der Waals surface area contributed by atoms with Crippen LogP contribution in [0.4, 0.5) is 15.8 Å². The van der Waals surface area contributed by atoms with Crippen molar-refractivity contribution >= 4 is 34.8 Å². The van der Waals surface area contributed by atoms with Crippen molar-refractivity contribution in [2.75, 3.05) is 17.3 Å². The van der Waals surface area contributed by atoms with Gasteiger partial charge in [-0.05, 0) is 50.2 Å². The lowest BCUT2D eigenvalue weighted by atomic mass is 9.87. The van der Waals surface area contributed by atoms with E-state index in [2.05, 4.69) is 5.32 Å². The highest BCUT2D eigenvalue weighted by molar-refractivity contribution is 6.31. The summed E-state index contributed by atoms with van der Waals surface area (Å²) in [6, 6.07) is 18.4. The topological polar surface area (TPSA) is 76.5 Å². The lowest BCUT2D eigenvalue weighted by Gasteiger charge is -2.35. The van der Waals surface area contributed by atoms with E-state index in [1.807, 2.05) is 60.9 Å². The van der Waals surface area contributed by atoms with E-state index >= 15 is 0 Å². The number of carbonyl (C=O) groups is 2. The molecule has 1 unspecified atom stereocenters. The highest BCUT2D eigenvalue weighted by Crippen LogP contribution is 2.54. The van der Waals surface area contributed by atoms with Gasteiger partial charge in [0.1, 0.15) is 17.4 Å². The summed E-state index contributed by atoms with van der Waals surface area (Å²) in [6.07, 6.45) is 0. The summed E-state index contributed by atoms with van der Waals surface area (Å²) in [4.78, 5) is 34.4. The number of anilines is 2. The maximum absolute atomic E-state index is 14.2. The van der Waals surface area contributed by atoms with Gasteiger partial charge in [0.25, 0.3) is 11.8 Å². The lowest BCUT2D eigenvalue weighted by Crippen LogP contribution is -2.51. The molecule has 3 heterocycles. The molecule has 1 N–H and O–H groups in total. The third kappa shape index (κ3) is 3.02. The van der Waals surface area contributed by atoms with Crippen LogP contribution in [0.15, 0.2) is 66.7 Å². The second-order valence-electron chi connectivity index (χ2n) is 9.25. The van der Waals surface area contributed by atoms with Gasteiger partial charge in [-0.15, -0.1) is 0 Å². The fourth-order valence-corrected chi connectivity index (χ4v) is 5.62. The normalized spacial score (nSPS) is 17.9. The third-order valence-electron chi connectivity index (χ3n) is 6.91. The average molecular weight is 517 g/mol. The zero-order valence-corrected chi connectivity index (χ0v) is 21.0. The fourth-order valence-electron chi connectivity index (χ4n) is 5.45. The van der Waals surface area contributed by atoms with Crippen molar-refractivity contribution in [3.05, 3.63) is 94.5 Å². The van der Waals surface area contributed by atoms with Crippen LogP contribution < -0.4 is 15.0 Å². The summed E-state index contributed by atoms with van der Waals surface area (Å²) in [5, 5.41) is 2.79. The van der Waals surface area contributed by atoms with Crippen molar-refractivity contribution in [3.8, 4) is 17.1 Å². The Kier molecular flexibility index (Phi) is 5.14. The number of fused-ring (bicyclic) bond motifs is 4. The van der Waals surface area contributed by atoms with Gasteiger partial charge >= 0.3 is 0 Å². The number of imidazole rings is 1. The number of benzene rings is 3. The molecule has 6 rings (SSSR count). The summed E-state index contributed by atoms with van der Waals surface area (Å²) < 4.78 is 21.6. The number of nitrogens with one attached hydrogen (secondary N) is 1. The minimum absolute atomic E-state index is 0.141. The zero-order chi connectivity index (χ0) is 26.1. The number of aromatic nitrogens is 2. The van der Waals surface area contributed by atoms with Crippen molar-refractivity contribution in [2.24, 2.45) is 0 Å². The number of amides is 2. The van der Waals surface area contributed by atoms with Gasteiger partial charge in [-0.25, -0.2) is 9.37 Å². The summed E-state index contributed by atoms with van der Waals surface area (Å²) in [7, 11) is 1.57. The summed E-state index contributed by atoms with van der Waals surface area (Å²) in [6.45, 7) is 3.93. The molecule has 0 aliphatic carbocycles. The van der Waals surface area contributed by atoms with Crippen molar-refractivity contribution in [1.82, 2.24) is 9.55 Å². The van der Waals surface area contributed by atoms with Crippen molar-refractivity contribution in [3.63, 3.8) is 0 Å². The van der Waals surface area contributed by atoms with Crippen LogP contribution in [0.3, 0.4) is 0 Å². The highest BCUT2D eigenvalue weighted by Gasteiger charge is 2.64. The van der Waals surface area contributed by atoms with Gasteiger partial charge in [-0.2, -0.15) is 0 Å². The number of carbonyl (C=O) groups excluding carboxylic acids is 2. The van der Waals surface area contributed by atoms with Gasteiger partial charge in [0.05, 0.1) is 23.4 Å². The Balaban J connectivity index is 1.73. The Labute approximate surface area is 217 Å². The smallest absolute Gasteiger partial charge is 0.280 e. The molecule has 2 amide bonds. The first kappa shape index (κ1) is 23.2. The number of nitrogens with zero attached hydrogens (tertiary/aromatic N) is 3. The molecule has 37 heavy (non-hydrogen) atoms. The molecule has 1 spiro atoms. The molecule has 1 atom stereocenters. The van der Waals surface area contributed by atoms with E-state index in [1.54, 1.807) is 13.2 Å². The van der Waals surface area contributed by atoms with E-state index < -0.39 is 23.2 Å². The highest BCUT2D eigenvalue weighted by atomic mass is 35.5. The quantitative estimate of drug-likeness (QED) is 0.372. The molecule has 2 aliphatic heterocycles. The van der Waals surface area contributed by atoms with Crippen LogP contribution in [0, 0.1) is 5.82 Å². The Morgan fingerprint density at radius 1 is 1.05 bits per heavy atom. The van der Waals surface area contributed by atoms with E-state index in [1.165, 1.54) is 23.1 Å². The molecule has 4 aromatic rings. The van der Waals surface area contributed by atoms with Crippen molar-refractivity contribution in [1.29, 1.82) is 0 Å². The van der Waals surface area contributed by atoms with E-state index in [4.69, 9.17) is 21.3 Å². The Hall–Kier alpha value is -4.17. The molecule has 3 aromatic carbocycles. The van der Waals surface area contributed by atoms with Crippen LogP contribution in [0.5, 0.6) is 5.75 Å². The van der Waals surface area contributed by atoms with Crippen LogP contribution >= 0.6 is 11.6 Å². The molecule has 0 fully saturated rings. The Bertz CT molecular complexity index is 1610. The molecule has 0 saturated carbocycles. The second-order valence-corrected chi connectivity index (χ2v) is 9.65. The SMILES string of the molecule is COc1ccccc1-c1nc2c(n1C(C)C)C1(C(=O)Nc3ccccc31)N(c1ccc(F)c(Cl)c1)C2=O. The van der Waals surface area contributed by atoms with Crippen LogP contribution in [-0.4, -0.2) is 28.5 Å². The summed E-state index contributed by atoms with van der Waals surface area (Å²) >= 11 is 6.13. The number of ether oxygens (including phenoxy) is 1. The maximum Gasteiger partial charge on any atom is 0.280 e. The molecule has 2 aliphatic rings. The minimum atomic E-state index is -1.58. The number of hydrogen-bond acceptors (Lipinski definition) is 4. The molecule has 0 bridgehead atoms. The van der Waals surface area contributed by atoms with E-state index in [0.29, 0.717) is 34.1 Å². The monoisotopic (exact) mass is 516 g/mol. The molecular weight excluding hydrogens is 495 g/mol. The first-order chi connectivity index (χ1) is 17.8. The van der Waals surface area contributed by atoms with Crippen LogP contribution in [0.1, 0.15) is 41.6 Å². The van der Waals surface area contributed by atoms with Gasteiger partial charge in [0.15, 0.2) is 11.2 Å². The van der Waals surface area contributed by atoms with E-state index in [9.17, 15) is 14.0 Å². The number of halogens is 2. The molecule has 0 saturated heterocycles. The molecule has 0 radical (unpaired) electrons. The lowest BCUT2D eigenvalue weighted by molar-refractivity contribution is -0.119. The van der Waals surface area contributed by atoms with Crippen molar-refractivity contribution in [2.45, 2.75) is 25.4 Å². The number of para-hydroxylation sites is 2. The molecule has 7 nitrogen and oxygen atoms in total. The summed E-state index contributed by atoms with van der Waals surface area (Å²) in [5.74, 6) is -0.412.